The Balaban J connectivity index is 1.85. The molecule has 40 heavy (non-hydrogen) atoms. The summed E-state index contributed by atoms with van der Waals surface area (Å²) in [4.78, 5) is 70.6. The predicted octanol–water partition coefficient (Wildman–Crippen LogP) is 0.726. The Hall–Kier alpha value is -4.33. The molecule has 1 aliphatic heterocycles. The number of methoxy groups -OCH3 is 1. The molecule has 1 saturated heterocycles. The van der Waals surface area contributed by atoms with Crippen molar-refractivity contribution in [3.8, 4) is 0 Å². The molecule has 3 rings (SSSR count). The molecule has 212 valence electrons. The highest BCUT2D eigenvalue weighted by Crippen LogP contribution is 2.32. The summed E-state index contributed by atoms with van der Waals surface area (Å²) in [5, 5.41) is 14.9. The fraction of sp³-hybridized carbons (Fsp3) is 0.423. The van der Waals surface area contributed by atoms with Crippen LogP contribution in [0.5, 0.6) is 0 Å². The van der Waals surface area contributed by atoms with Crippen LogP contribution in [0.3, 0.4) is 0 Å². The first kappa shape index (κ1) is 30.2. The maximum Gasteiger partial charge on any atom is 0.552 e. The van der Waals surface area contributed by atoms with E-state index in [1.54, 1.807) is 24.3 Å². The van der Waals surface area contributed by atoms with Crippen molar-refractivity contribution < 1.29 is 43.1 Å². The van der Waals surface area contributed by atoms with E-state index in [0.29, 0.717) is 0 Å². The molecule has 2 amide bonds. The lowest BCUT2D eigenvalue weighted by Crippen LogP contribution is -2.55. The lowest BCUT2D eigenvalue weighted by molar-refractivity contribution is -0.159. The van der Waals surface area contributed by atoms with Gasteiger partial charge in [-0.15, -0.1) is 0 Å². The normalized spacial score (nSPS) is 18.0. The van der Waals surface area contributed by atoms with Crippen LogP contribution in [0.4, 0.5) is 0 Å². The van der Waals surface area contributed by atoms with E-state index in [1.807, 2.05) is 19.9 Å². The third-order valence-electron chi connectivity index (χ3n) is 6.11. The molecule has 1 aromatic heterocycles. The van der Waals surface area contributed by atoms with E-state index in [4.69, 9.17) is 9.31 Å². The van der Waals surface area contributed by atoms with Gasteiger partial charge in [-0.05, 0) is 17.9 Å². The first-order valence-corrected chi connectivity index (χ1v) is 12.6. The number of hydrogen-bond acceptors (Lipinski definition) is 10. The Labute approximate surface area is 231 Å². The molecule has 0 bridgehead atoms. The molecular formula is C26H31BN4O9. The van der Waals surface area contributed by atoms with E-state index in [9.17, 15) is 29.1 Å². The minimum atomic E-state index is -2.12. The number of nitrogens with zero attached hydrogens (tertiary/aromatic N) is 2. The van der Waals surface area contributed by atoms with E-state index in [-0.39, 0.29) is 24.5 Å². The molecule has 0 aliphatic carbocycles. The molecule has 1 aliphatic rings. The number of carboxylic acids is 1. The Morgan fingerprint density at radius 3 is 2.42 bits per heavy atom. The SMILES string of the molecule is COC(=O)C[C@]1(CC(=O)O)OB(C(CC(C)C)NC(=O)C(Cc2ccccc2)NC(=O)c2cnccn2)OC1=O. The summed E-state index contributed by atoms with van der Waals surface area (Å²) >= 11 is 0. The first-order valence-electron chi connectivity index (χ1n) is 12.6. The van der Waals surface area contributed by atoms with Gasteiger partial charge in [0, 0.05) is 18.8 Å². The zero-order chi connectivity index (χ0) is 29.3. The molecule has 2 unspecified atom stereocenters. The quantitative estimate of drug-likeness (QED) is 0.234. The fourth-order valence-electron chi connectivity index (χ4n) is 4.25. The average molecular weight is 554 g/mol. The van der Waals surface area contributed by atoms with Gasteiger partial charge in [0.05, 0.1) is 32.1 Å². The molecule has 0 radical (unpaired) electrons. The van der Waals surface area contributed by atoms with Gasteiger partial charge in [0.1, 0.15) is 11.7 Å². The smallest absolute Gasteiger partial charge is 0.506 e. The van der Waals surface area contributed by atoms with E-state index in [1.165, 1.54) is 18.6 Å². The molecule has 1 fully saturated rings. The molecular weight excluding hydrogens is 523 g/mol. The summed E-state index contributed by atoms with van der Waals surface area (Å²) in [7, 11) is -0.297. The number of rotatable bonds is 13. The van der Waals surface area contributed by atoms with Crippen LogP contribution in [0, 0.1) is 5.92 Å². The van der Waals surface area contributed by atoms with Crippen LogP contribution in [-0.2, 0) is 39.6 Å². The van der Waals surface area contributed by atoms with Crippen LogP contribution >= 0.6 is 0 Å². The molecule has 1 aromatic carbocycles. The molecule has 14 heteroatoms. The fourth-order valence-corrected chi connectivity index (χ4v) is 4.25. The van der Waals surface area contributed by atoms with Gasteiger partial charge in [-0.2, -0.15) is 0 Å². The van der Waals surface area contributed by atoms with Gasteiger partial charge in [-0.25, -0.2) is 4.98 Å². The highest BCUT2D eigenvalue weighted by atomic mass is 16.7. The van der Waals surface area contributed by atoms with Gasteiger partial charge in [0.25, 0.3) is 5.91 Å². The van der Waals surface area contributed by atoms with Crippen molar-refractivity contribution in [2.75, 3.05) is 7.11 Å². The molecule has 13 nitrogen and oxygen atoms in total. The van der Waals surface area contributed by atoms with Gasteiger partial charge in [0.15, 0.2) is 5.60 Å². The van der Waals surface area contributed by atoms with Crippen molar-refractivity contribution in [2.45, 2.75) is 57.1 Å². The monoisotopic (exact) mass is 554 g/mol. The predicted molar refractivity (Wildman–Crippen MR) is 139 cm³/mol. The number of hydrogen-bond donors (Lipinski definition) is 3. The summed E-state index contributed by atoms with van der Waals surface area (Å²) in [5.41, 5.74) is -1.33. The molecule has 2 aromatic rings. The number of benzene rings is 1. The molecule has 3 atom stereocenters. The number of carboxylic acid groups (broad SMARTS) is 1. The van der Waals surface area contributed by atoms with Gasteiger partial charge >= 0.3 is 25.0 Å². The highest BCUT2D eigenvalue weighted by Gasteiger charge is 2.58. The Bertz CT molecular complexity index is 1220. The van der Waals surface area contributed by atoms with Crippen LogP contribution in [-0.4, -0.2) is 76.6 Å². The van der Waals surface area contributed by atoms with Crippen LogP contribution in [0.2, 0.25) is 0 Å². The molecule has 0 saturated carbocycles. The summed E-state index contributed by atoms with van der Waals surface area (Å²) in [6, 6.07) is 7.95. The Morgan fingerprint density at radius 1 is 1.10 bits per heavy atom. The second-order valence-corrected chi connectivity index (χ2v) is 9.76. The maximum absolute atomic E-state index is 13.6. The van der Waals surface area contributed by atoms with Gasteiger partial charge in [0.2, 0.25) is 5.91 Å². The van der Waals surface area contributed by atoms with Crippen LogP contribution < -0.4 is 10.6 Å². The molecule has 3 N–H and O–H groups in total. The average Bonchev–Trinajstić information content (AvgIpc) is 3.22. The first-order chi connectivity index (χ1) is 19.0. The van der Waals surface area contributed by atoms with Crippen molar-refractivity contribution in [1.29, 1.82) is 0 Å². The summed E-state index contributed by atoms with van der Waals surface area (Å²) < 4.78 is 15.8. The van der Waals surface area contributed by atoms with Crippen LogP contribution in [0.25, 0.3) is 0 Å². The molecule has 2 heterocycles. The third-order valence-corrected chi connectivity index (χ3v) is 6.11. The summed E-state index contributed by atoms with van der Waals surface area (Å²) in [5.74, 6) is -5.48. The number of carbonyl (C=O) groups is 5. The topological polar surface area (TPSA) is 183 Å². The number of amides is 2. The molecule has 0 spiro atoms. The number of carbonyl (C=O) groups excluding carboxylic acids is 4. The highest BCUT2D eigenvalue weighted by molar-refractivity contribution is 6.51. The third kappa shape index (κ3) is 8.09. The van der Waals surface area contributed by atoms with Crippen molar-refractivity contribution >= 4 is 36.8 Å². The van der Waals surface area contributed by atoms with E-state index >= 15 is 0 Å². The van der Waals surface area contributed by atoms with Crippen molar-refractivity contribution in [3.63, 3.8) is 0 Å². The van der Waals surface area contributed by atoms with Crippen molar-refractivity contribution in [3.05, 3.63) is 60.2 Å². The van der Waals surface area contributed by atoms with E-state index < -0.39 is 67.3 Å². The number of aromatic nitrogens is 2. The zero-order valence-corrected chi connectivity index (χ0v) is 22.4. The van der Waals surface area contributed by atoms with Crippen LogP contribution in [0.15, 0.2) is 48.9 Å². The minimum Gasteiger partial charge on any atom is -0.506 e. The van der Waals surface area contributed by atoms with Crippen LogP contribution in [0.1, 0.15) is 49.2 Å². The van der Waals surface area contributed by atoms with E-state index in [2.05, 4.69) is 25.3 Å². The number of aliphatic carboxylic acids is 1. The Morgan fingerprint density at radius 2 is 1.82 bits per heavy atom. The number of nitrogens with one attached hydrogen (secondary N) is 2. The van der Waals surface area contributed by atoms with Gasteiger partial charge < -0.3 is 29.8 Å². The Kier molecular flexibility index (Phi) is 10.3. The van der Waals surface area contributed by atoms with Crippen molar-refractivity contribution in [2.24, 2.45) is 5.92 Å². The largest absolute Gasteiger partial charge is 0.552 e. The standard InChI is InChI=1S/C26H31BN4O9/c1-16(2)11-20(27-39-25(37)26(40-27,13-21(32)33)14-22(34)38-3)31-23(35)18(12-17-7-5-4-6-8-17)30-24(36)19-15-28-9-10-29-19/h4-10,15-16,18,20H,11-14H2,1-3H3,(H,30,36)(H,31,35)(H,32,33)/t18?,20?,26-/m0/s1. The lowest BCUT2D eigenvalue weighted by atomic mass is 9.73. The summed E-state index contributed by atoms with van der Waals surface area (Å²) in [6.45, 7) is 3.73. The zero-order valence-electron chi connectivity index (χ0n) is 22.4. The van der Waals surface area contributed by atoms with E-state index in [0.717, 1.165) is 12.7 Å². The summed E-state index contributed by atoms with van der Waals surface area (Å²) in [6.07, 6.45) is 2.90. The van der Waals surface area contributed by atoms with Gasteiger partial charge in [-0.1, -0.05) is 44.2 Å². The lowest BCUT2D eigenvalue weighted by Gasteiger charge is -2.26. The second-order valence-electron chi connectivity index (χ2n) is 9.76. The van der Waals surface area contributed by atoms with Gasteiger partial charge in [-0.3, -0.25) is 29.0 Å². The van der Waals surface area contributed by atoms with Crippen molar-refractivity contribution in [1.82, 2.24) is 20.6 Å². The second kappa shape index (κ2) is 13.6. The number of esters is 1. The number of ether oxygens (including phenoxy) is 1. The minimum absolute atomic E-state index is 0.0152. The maximum atomic E-state index is 13.6.